The van der Waals surface area contributed by atoms with Gasteiger partial charge in [-0.15, -0.1) is 0 Å². The fourth-order valence-electron chi connectivity index (χ4n) is 0.314. The molecule has 1 aliphatic rings. The molecule has 1 aliphatic heterocycles. The molecule has 0 atom stereocenters. The molecule has 0 spiro atoms. The summed E-state index contributed by atoms with van der Waals surface area (Å²) >= 11 is 0. The zero-order chi connectivity index (χ0) is 5.11. The van der Waals surface area contributed by atoms with Gasteiger partial charge in [0.05, 0.1) is 7.11 Å². The Morgan fingerprint density at radius 3 is 3.14 bits per heavy atom. The summed E-state index contributed by atoms with van der Waals surface area (Å²) in [4.78, 5) is 3.58. The molecule has 0 saturated carbocycles. The number of nitrogens with zero attached hydrogens (tertiary/aromatic N) is 1. The van der Waals surface area contributed by atoms with Crippen LogP contribution in [0.3, 0.4) is 0 Å². The second-order valence-corrected chi connectivity index (χ2v) is 1.09. The lowest BCUT2D eigenvalue weighted by Gasteiger charge is -1.90. The van der Waals surface area contributed by atoms with E-state index in [0.717, 1.165) is 0 Å². The van der Waals surface area contributed by atoms with Crippen LogP contribution >= 0.6 is 0 Å². The Labute approximate surface area is 42.0 Å². The number of hydrogen-bond acceptors (Lipinski definition) is 3. The van der Waals surface area contributed by atoms with Crippen LogP contribution in [0.5, 0.6) is 0 Å². The average Bonchev–Trinajstić information content (AvgIpc) is 2.14. The number of methoxy groups -OCH3 is 1. The van der Waals surface area contributed by atoms with Crippen LogP contribution in [-0.4, -0.2) is 19.6 Å². The summed E-state index contributed by atoms with van der Waals surface area (Å²) in [6.45, 7) is 2.71. The molecule has 0 aromatic rings. The summed E-state index contributed by atoms with van der Waals surface area (Å²) in [5.74, 6) is 0.583. The summed E-state index contributed by atoms with van der Waals surface area (Å²) in [7, 11) is 1.55. The van der Waals surface area contributed by atoms with Crippen molar-refractivity contribution in [1.29, 1.82) is 0 Å². The third kappa shape index (κ3) is 0.899. The molecular formula is C4H5NO2. The maximum absolute atomic E-state index is 4.67. The van der Waals surface area contributed by atoms with Crippen molar-refractivity contribution in [1.82, 2.24) is 0 Å². The van der Waals surface area contributed by atoms with Crippen molar-refractivity contribution < 1.29 is 9.47 Å². The van der Waals surface area contributed by atoms with E-state index in [1.807, 2.05) is 0 Å². The van der Waals surface area contributed by atoms with Gasteiger partial charge in [-0.05, 0) is 0 Å². The monoisotopic (exact) mass is 99.0 g/mol. The zero-order valence-electron chi connectivity index (χ0n) is 3.97. The van der Waals surface area contributed by atoms with Gasteiger partial charge in [0.15, 0.2) is 0 Å². The van der Waals surface area contributed by atoms with Crippen LogP contribution in [0.25, 0.3) is 0 Å². The van der Waals surface area contributed by atoms with Crippen LogP contribution in [-0.2, 0) is 9.47 Å². The first-order chi connectivity index (χ1) is 3.43. The SMILES string of the molecule is COC1=N[C]OC1. The highest BCUT2D eigenvalue weighted by Gasteiger charge is 2.05. The molecular weight excluding hydrogens is 94.0 g/mol. The predicted molar refractivity (Wildman–Crippen MR) is 23.6 cm³/mol. The second kappa shape index (κ2) is 1.93. The maximum atomic E-state index is 4.67. The average molecular weight is 99.1 g/mol. The van der Waals surface area contributed by atoms with Gasteiger partial charge in [-0.2, -0.15) is 0 Å². The highest BCUT2D eigenvalue weighted by atomic mass is 16.5. The molecule has 0 fully saturated rings. The highest BCUT2D eigenvalue weighted by molar-refractivity contribution is 5.78. The summed E-state index contributed by atoms with van der Waals surface area (Å²) in [5.41, 5.74) is 0. The van der Waals surface area contributed by atoms with E-state index in [-0.39, 0.29) is 0 Å². The van der Waals surface area contributed by atoms with Crippen molar-refractivity contribution in [2.24, 2.45) is 4.99 Å². The molecule has 2 radical (unpaired) electrons. The molecule has 0 aromatic carbocycles. The van der Waals surface area contributed by atoms with E-state index in [0.29, 0.717) is 12.5 Å². The van der Waals surface area contributed by atoms with Crippen molar-refractivity contribution in [3.63, 3.8) is 0 Å². The lowest BCUT2D eigenvalue weighted by molar-refractivity contribution is 0.250. The van der Waals surface area contributed by atoms with E-state index < -0.39 is 0 Å². The van der Waals surface area contributed by atoms with E-state index in [1.54, 1.807) is 7.11 Å². The first-order valence-electron chi connectivity index (χ1n) is 1.91. The van der Waals surface area contributed by atoms with Gasteiger partial charge in [0.1, 0.15) is 6.61 Å². The minimum atomic E-state index is 0.427. The second-order valence-electron chi connectivity index (χ2n) is 1.09. The largest absolute Gasteiger partial charge is 0.483 e. The molecule has 0 aliphatic carbocycles. The van der Waals surface area contributed by atoms with Gasteiger partial charge in [0, 0.05) is 0 Å². The number of rotatable bonds is 0. The van der Waals surface area contributed by atoms with E-state index >= 15 is 0 Å². The standard InChI is InChI=1S/C4H5NO2/c1-6-4-2-7-3-5-4/h2H2,1H3. The lowest BCUT2D eigenvalue weighted by Crippen LogP contribution is -2.01. The van der Waals surface area contributed by atoms with Crippen LogP contribution in [0.4, 0.5) is 0 Å². The fraction of sp³-hybridized carbons (Fsp3) is 0.500. The molecule has 3 heteroatoms. The third-order valence-electron chi connectivity index (χ3n) is 0.666. The lowest BCUT2D eigenvalue weighted by atomic mass is 10.7. The Hall–Kier alpha value is -0.570. The Morgan fingerprint density at radius 2 is 2.86 bits per heavy atom. The Morgan fingerprint density at radius 1 is 2.00 bits per heavy atom. The molecule has 38 valence electrons. The van der Waals surface area contributed by atoms with E-state index in [2.05, 4.69) is 21.2 Å². The topological polar surface area (TPSA) is 30.8 Å². The quantitative estimate of drug-likeness (QED) is 0.430. The van der Waals surface area contributed by atoms with Crippen LogP contribution in [0.1, 0.15) is 0 Å². The Kier molecular flexibility index (Phi) is 1.26. The molecule has 0 unspecified atom stereocenters. The molecule has 0 amide bonds. The van der Waals surface area contributed by atoms with Gasteiger partial charge in [-0.3, -0.25) is 0 Å². The van der Waals surface area contributed by atoms with E-state index in [4.69, 9.17) is 0 Å². The molecule has 7 heavy (non-hydrogen) atoms. The predicted octanol–water partition coefficient (Wildman–Crippen LogP) is 0.0578. The Bertz CT molecular complexity index is 89.7. The van der Waals surface area contributed by atoms with Crippen molar-refractivity contribution in [3.05, 3.63) is 6.73 Å². The van der Waals surface area contributed by atoms with E-state index in [1.165, 1.54) is 0 Å². The first-order valence-corrected chi connectivity index (χ1v) is 1.91. The van der Waals surface area contributed by atoms with Gasteiger partial charge >= 0.3 is 0 Å². The minimum absolute atomic E-state index is 0.427. The van der Waals surface area contributed by atoms with Gasteiger partial charge in [-0.1, -0.05) is 0 Å². The smallest absolute Gasteiger partial charge is 0.273 e. The van der Waals surface area contributed by atoms with Crippen LogP contribution in [0.15, 0.2) is 4.99 Å². The number of hydrogen-bond donors (Lipinski definition) is 0. The highest BCUT2D eigenvalue weighted by Crippen LogP contribution is 1.96. The normalized spacial score (nSPS) is 19.3. The molecule has 1 heterocycles. The fourth-order valence-corrected chi connectivity index (χ4v) is 0.314. The molecule has 0 N–H and O–H groups in total. The molecule has 3 nitrogen and oxygen atoms in total. The van der Waals surface area contributed by atoms with Crippen molar-refractivity contribution in [2.45, 2.75) is 0 Å². The van der Waals surface area contributed by atoms with Crippen LogP contribution in [0.2, 0.25) is 0 Å². The number of aliphatic imine (C=N–C) groups is 1. The maximum Gasteiger partial charge on any atom is 0.273 e. The van der Waals surface area contributed by atoms with Crippen molar-refractivity contribution in [3.8, 4) is 0 Å². The number of ether oxygens (including phenoxy) is 2. The molecule has 0 bridgehead atoms. The summed E-state index contributed by atoms with van der Waals surface area (Å²) in [5, 5.41) is 0. The van der Waals surface area contributed by atoms with Crippen molar-refractivity contribution >= 4 is 5.90 Å². The minimum Gasteiger partial charge on any atom is -0.483 e. The van der Waals surface area contributed by atoms with Gasteiger partial charge < -0.3 is 9.47 Å². The molecule has 0 saturated heterocycles. The van der Waals surface area contributed by atoms with Crippen LogP contribution < -0.4 is 0 Å². The summed E-state index contributed by atoms with van der Waals surface area (Å²) in [6, 6.07) is 0. The molecule has 1 rings (SSSR count). The Balaban J connectivity index is 2.36. The third-order valence-corrected chi connectivity index (χ3v) is 0.666. The van der Waals surface area contributed by atoms with E-state index in [9.17, 15) is 0 Å². The van der Waals surface area contributed by atoms with Gasteiger partial charge in [-0.25, -0.2) is 4.99 Å². The summed E-state index contributed by atoms with van der Waals surface area (Å²) < 4.78 is 9.24. The van der Waals surface area contributed by atoms with Gasteiger partial charge in [0.2, 0.25) is 5.90 Å². The zero-order valence-corrected chi connectivity index (χ0v) is 3.97. The van der Waals surface area contributed by atoms with Gasteiger partial charge in [0.25, 0.3) is 6.73 Å². The van der Waals surface area contributed by atoms with Crippen LogP contribution in [0, 0.1) is 6.73 Å². The summed E-state index contributed by atoms with van der Waals surface area (Å²) in [6.07, 6.45) is 0. The molecule has 0 aromatic heterocycles. The first kappa shape index (κ1) is 4.59. The van der Waals surface area contributed by atoms with Crippen molar-refractivity contribution in [2.75, 3.05) is 13.7 Å².